The van der Waals surface area contributed by atoms with Gasteiger partial charge in [-0.15, -0.1) is 0 Å². The molecule has 2 rings (SSSR count). The van der Waals surface area contributed by atoms with Crippen molar-refractivity contribution >= 4 is 0 Å². The number of nitrogens with zero attached hydrogens (tertiary/aromatic N) is 1. The van der Waals surface area contributed by atoms with Gasteiger partial charge in [-0.05, 0) is 47.6 Å². The Kier molecular flexibility index (Phi) is 4.56. The van der Waals surface area contributed by atoms with Crippen molar-refractivity contribution in [2.24, 2.45) is 0 Å². The number of pyridine rings is 1. The van der Waals surface area contributed by atoms with Crippen LogP contribution in [0.2, 0.25) is 0 Å². The van der Waals surface area contributed by atoms with E-state index in [9.17, 15) is 0 Å². The Morgan fingerprint density at radius 2 is 1.84 bits per heavy atom. The highest BCUT2D eigenvalue weighted by molar-refractivity contribution is 5.32. The van der Waals surface area contributed by atoms with Crippen molar-refractivity contribution in [2.75, 3.05) is 7.11 Å². The summed E-state index contributed by atoms with van der Waals surface area (Å²) in [5, 5.41) is 0. The fourth-order valence-corrected chi connectivity index (χ4v) is 2.61. The monoisotopic (exact) mass is 255 g/mol. The van der Waals surface area contributed by atoms with Gasteiger partial charge in [-0.25, -0.2) is 0 Å². The van der Waals surface area contributed by atoms with Crippen LogP contribution in [0.4, 0.5) is 0 Å². The van der Waals surface area contributed by atoms with Gasteiger partial charge in [0, 0.05) is 12.4 Å². The molecule has 0 N–H and O–H groups in total. The number of rotatable bonds is 5. The minimum absolute atomic E-state index is 0.472. The molecule has 0 amide bonds. The van der Waals surface area contributed by atoms with Crippen molar-refractivity contribution in [1.82, 2.24) is 4.98 Å². The zero-order valence-corrected chi connectivity index (χ0v) is 11.8. The quantitative estimate of drug-likeness (QED) is 0.790. The Labute approximate surface area is 115 Å². The van der Waals surface area contributed by atoms with E-state index in [1.54, 1.807) is 7.11 Å². The summed E-state index contributed by atoms with van der Waals surface area (Å²) in [4.78, 5) is 4.24. The highest BCUT2D eigenvalue weighted by Crippen LogP contribution is 2.35. The Balaban J connectivity index is 2.22. The summed E-state index contributed by atoms with van der Waals surface area (Å²) in [5.74, 6) is 1.88. The summed E-state index contributed by atoms with van der Waals surface area (Å²) in [6.07, 6.45) is 4.92. The van der Waals surface area contributed by atoms with Crippen LogP contribution in [0.25, 0.3) is 0 Å². The molecule has 0 bridgehead atoms. The Morgan fingerprint density at radius 1 is 1.11 bits per heavy atom. The standard InChI is InChI=1S/C17H21NO/c1-4-17(15-6-5-11-18-12-15)13(2)14-7-9-16(19-3)10-8-14/h5-13,17H,4H2,1-3H3/t13-,17-/m0/s1. The molecule has 0 unspecified atom stereocenters. The van der Waals surface area contributed by atoms with Gasteiger partial charge < -0.3 is 4.74 Å². The largest absolute Gasteiger partial charge is 0.497 e. The normalized spacial score (nSPS) is 13.8. The number of ether oxygens (including phenoxy) is 1. The number of hydrogen-bond donors (Lipinski definition) is 0. The number of methoxy groups -OCH3 is 1. The van der Waals surface area contributed by atoms with Crippen molar-refractivity contribution < 1.29 is 4.74 Å². The third-order valence-electron chi connectivity index (χ3n) is 3.80. The van der Waals surface area contributed by atoms with Crippen LogP contribution in [-0.4, -0.2) is 12.1 Å². The number of hydrogen-bond acceptors (Lipinski definition) is 2. The maximum absolute atomic E-state index is 5.21. The Morgan fingerprint density at radius 3 is 2.37 bits per heavy atom. The molecule has 1 aromatic heterocycles. The Hall–Kier alpha value is -1.83. The van der Waals surface area contributed by atoms with Crippen LogP contribution in [0, 0.1) is 0 Å². The molecule has 1 heterocycles. The first-order chi connectivity index (χ1) is 9.26. The average Bonchev–Trinajstić information content (AvgIpc) is 2.49. The molecule has 0 fully saturated rings. The van der Waals surface area contributed by atoms with E-state index in [0.717, 1.165) is 12.2 Å². The van der Waals surface area contributed by atoms with Gasteiger partial charge in [0.05, 0.1) is 7.11 Å². The first kappa shape index (κ1) is 13.6. The van der Waals surface area contributed by atoms with E-state index < -0.39 is 0 Å². The van der Waals surface area contributed by atoms with E-state index in [4.69, 9.17) is 4.74 Å². The summed E-state index contributed by atoms with van der Waals surface area (Å²) in [7, 11) is 1.70. The average molecular weight is 255 g/mol. The highest BCUT2D eigenvalue weighted by atomic mass is 16.5. The van der Waals surface area contributed by atoms with Crippen molar-refractivity contribution in [2.45, 2.75) is 32.1 Å². The highest BCUT2D eigenvalue weighted by Gasteiger charge is 2.19. The van der Waals surface area contributed by atoms with E-state index in [1.165, 1.54) is 11.1 Å². The van der Waals surface area contributed by atoms with Crippen LogP contribution in [0.1, 0.15) is 43.2 Å². The first-order valence-corrected chi connectivity index (χ1v) is 6.80. The molecule has 2 heteroatoms. The molecule has 0 radical (unpaired) electrons. The third kappa shape index (κ3) is 3.14. The van der Waals surface area contributed by atoms with E-state index in [1.807, 2.05) is 30.6 Å². The van der Waals surface area contributed by atoms with Gasteiger partial charge in [0.1, 0.15) is 5.75 Å². The lowest BCUT2D eigenvalue weighted by Gasteiger charge is -2.23. The molecule has 0 aliphatic rings. The molecule has 0 saturated heterocycles. The molecule has 2 nitrogen and oxygen atoms in total. The molecule has 1 aromatic carbocycles. The van der Waals surface area contributed by atoms with Gasteiger partial charge in [0.25, 0.3) is 0 Å². The van der Waals surface area contributed by atoms with Gasteiger partial charge in [-0.2, -0.15) is 0 Å². The predicted octanol–water partition coefficient (Wildman–Crippen LogP) is 4.39. The second-order valence-corrected chi connectivity index (χ2v) is 4.86. The van der Waals surface area contributed by atoms with Crippen molar-refractivity contribution in [1.29, 1.82) is 0 Å². The lowest BCUT2D eigenvalue weighted by molar-refractivity contribution is 0.414. The molecule has 0 spiro atoms. The maximum Gasteiger partial charge on any atom is 0.118 e. The Bertz CT molecular complexity index is 492. The first-order valence-electron chi connectivity index (χ1n) is 6.80. The molecule has 2 atom stereocenters. The second kappa shape index (κ2) is 6.37. The van der Waals surface area contributed by atoms with Crippen LogP contribution in [0.5, 0.6) is 5.75 Å². The molecule has 2 aromatic rings. The summed E-state index contributed by atoms with van der Waals surface area (Å²) < 4.78 is 5.21. The topological polar surface area (TPSA) is 22.1 Å². The lowest BCUT2D eigenvalue weighted by Crippen LogP contribution is -2.08. The minimum atomic E-state index is 0.472. The molecule has 0 aliphatic heterocycles. The summed E-state index contributed by atoms with van der Waals surface area (Å²) in [5.41, 5.74) is 2.66. The van der Waals surface area contributed by atoms with Crippen molar-refractivity contribution in [3.8, 4) is 5.75 Å². The summed E-state index contributed by atoms with van der Waals surface area (Å²) in [6, 6.07) is 12.6. The second-order valence-electron chi connectivity index (χ2n) is 4.86. The molecule has 0 aliphatic carbocycles. The van der Waals surface area contributed by atoms with Crippen LogP contribution in [0.15, 0.2) is 48.8 Å². The predicted molar refractivity (Wildman–Crippen MR) is 78.7 cm³/mol. The van der Waals surface area contributed by atoms with Gasteiger partial charge in [0.2, 0.25) is 0 Å². The van der Waals surface area contributed by atoms with Crippen molar-refractivity contribution in [3.05, 3.63) is 59.9 Å². The molecule has 100 valence electrons. The van der Waals surface area contributed by atoms with Crippen LogP contribution in [-0.2, 0) is 0 Å². The number of benzene rings is 1. The number of aromatic nitrogens is 1. The zero-order valence-electron chi connectivity index (χ0n) is 11.8. The zero-order chi connectivity index (χ0) is 13.7. The van der Waals surface area contributed by atoms with E-state index >= 15 is 0 Å². The van der Waals surface area contributed by atoms with Crippen molar-refractivity contribution in [3.63, 3.8) is 0 Å². The smallest absolute Gasteiger partial charge is 0.118 e. The van der Waals surface area contributed by atoms with Gasteiger partial charge in [0.15, 0.2) is 0 Å². The minimum Gasteiger partial charge on any atom is -0.497 e. The van der Waals surface area contributed by atoms with E-state index in [0.29, 0.717) is 11.8 Å². The maximum atomic E-state index is 5.21. The van der Waals surface area contributed by atoms with E-state index in [2.05, 4.69) is 37.0 Å². The molecule has 0 saturated carbocycles. The fourth-order valence-electron chi connectivity index (χ4n) is 2.61. The summed E-state index contributed by atoms with van der Waals surface area (Å²) in [6.45, 7) is 4.51. The fraction of sp³-hybridized carbons (Fsp3) is 0.353. The van der Waals surface area contributed by atoms with Crippen LogP contribution >= 0.6 is 0 Å². The third-order valence-corrected chi connectivity index (χ3v) is 3.80. The lowest BCUT2D eigenvalue weighted by atomic mass is 9.82. The van der Waals surface area contributed by atoms with E-state index in [-0.39, 0.29) is 0 Å². The van der Waals surface area contributed by atoms with Gasteiger partial charge >= 0.3 is 0 Å². The van der Waals surface area contributed by atoms with Crippen LogP contribution < -0.4 is 4.74 Å². The molecular formula is C17H21NO. The molecular weight excluding hydrogens is 234 g/mol. The molecule has 19 heavy (non-hydrogen) atoms. The van der Waals surface area contributed by atoms with Crippen LogP contribution in [0.3, 0.4) is 0 Å². The van der Waals surface area contributed by atoms with Gasteiger partial charge in [-0.1, -0.05) is 32.0 Å². The van der Waals surface area contributed by atoms with Gasteiger partial charge in [-0.3, -0.25) is 4.98 Å². The SMILES string of the molecule is CC[C@H](c1cccnc1)[C@@H](C)c1ccc(OC)cc1. The summed E-state index contributed by atoms with van der Waals surface area (Å²) >= 11 is 0.